The first-order valence-electron chi connectivity index (χ1n) is 6.70. The van der Waals surface area contributed by atoms with Crippen LogP contribution in [0.3, 0.4) is 0 Å². The van der Waals surface area contributed by atoms with Crippen LogP contribution in [0.25, 0.3) is 0 Å². The van der Waals surface area contributed by atoms with Gasteiger partial charge in [0.05, 0.1) is 14.2 Å². The predicted octanol–water partition coefficient (Wildman–Crippen LogP) is 2.31. The van der Waals surface area contributed by atoms with E-state index in [1.54, 1.807) is 6.92 Å². The van der Waals surface area contributed by atoms with Crippen molar-refractivity contribution in [3.8, 4) is 11.8 Å². The Labute approximate surface area is 114 Å². The van der Waals surface area contributed by atoms with Crippen molar-refractivity contribution >= 4 is 11.9 Å². The molecule has 0 aromatic rings. The molecule has 0 amide bonds. The molecule has 19 heavy (non-hydrogen) atoms. The highest BCUT2D eigenvalue weighted by molar-refractivity contribution is 6.00. The van der Waals surface area contributed by atoms with Crippen LogP contribution >= 0.6 is 0 Å². The van der Waals surface area contributed by atoms with E-state index in [9.17, 15) is 9.59 Å². The van der Waals surface area contributed by atoms with Crippen molar-refractivity contribution in [1.29, 1.82) is 0 Å². The minimum absolute atomic E-state index is 0.00561. The van der Waals surface area contributed by atoms with Crippen molar-refractivity contribution in [2.75, 3.05) is 14.2 Å². The highest BCUT2D eigenvalue weighted by Gasteiger charge is 2.54. The lowest BCUT2D eigenvalue weighted by molar-refractivity contribution is -0.174. The minimum Gasteiger partial charge on any atom is -0.468 e. The molecule has 0 spiro atoms. The molecule has 0 bridgehead atoms. The quantitative estimate of drug-likeness (QED) is 0.435. The molecule has 106 valence electrons. The lowest BCUT2D eigenvalue weighted by atomic mass is 9.71. The second kappa shape index (κ2) is 7.18. The first-order chi connectivity index (χ1) is 9.13. The molecule has 0 atom stereocenters. The van der Waals surface area contributed by atoms with Gasteiger partial charge in [0, 0.05) is 6.42 Å². The van der Waals surface area contributed by atoms with Gasteiger partial charge in [0.25, 0.3) is 0 Å². The average Bonchev–Trinajstić information content (AvgIpc) is 2.96. The van der Waals surface area contributed by atoms with E-state index in [4.69, 9.17) is 9.47 Å². The standard InChI is InChI=1S/C15H22O4/c1-4-5-8-11-15(13(16)18-2,14(17)19-3)12-9-6-7-10-12/h12H,6-11H2,1-3H3. The molecule has 1 aliphatic rings. The van der Waals surface area contributed by atoms with Crippen LogP contribution in [0.5, 0.6) is 0 Å². The van der Waals surface area contributed by atoms with Gasteiger partial charge in [-0.2, -0.15) is 0 Å². The van der Waals surface area contributed by atoms with Gasteiger partial charge in [0.1, 0.15) is 0 Å². The molecule has 1 saturated carbocycles. The summed E-state index contributed by atoms with van der Waals surface area (Å²) in [5, 5.41) is 0. The summed E-state index contributed by atoms with van der Waals surface area (Å²) in [4.78, 5) is 24.5. The second-order valence-corrected chi connectivity index (χ2v) is 4.86. The van der Waals surface area contributed by atoms with Gasteiger partial charge in [-0.05, 0) is 32.1 Å². The molecule has 0 N–H and O–H groups in total. The number of esters is 2. The van der Waals surface area contributed by atoms with Crippen LogP contribution in [0.15, 0.2) is 0 Å². The first-order valence-corrected chi connectivity index (χ1v) is 6.70. The number of ether oxygens (including phenoxy) is 2. The van der Waals surface area contributed by atoms with Gasteiger partial charge in [0.15, 0.2) is 5.41 Å². The van der Waals surface area contributed by atoms with Gasteiger partial charge in [0.2, 0.25) is 0 Å². The lowest BCUT2D eigenvalue weighted by Crippen LogP contribution is -2.46. The van der Waals surface area contributed by atoms with Gasteiger partial charge < -0.3 is 9.47 Å². The van der Waals surface area contributed by atoms with Crippen molar-refractivity contribution < 1.29 is 19.1 Å². The Bertz CT molecular complexity index is 367. The summed E-state index contributed by atoms with van der Waals surface area (Å²) < 4.78 is 9.79. The number of hydrogen-bond donors (Lipinski definition) is 0. The first kappa shape index (κ1) is 15.6. The van der Waals surface area contributed by atoms with Gasteiger partial charge in [-0.3, -0.25) is 9.59 Å². The number of carbonyl (C=O) groups is 2. The summed E-state index contributed by atoms with van der Waals surface area (Å²) in [6, 6.07) is 0. The van der Waals surface area contributed by atoms with Crippen LogP contribution in [0.2, 0.25) is 0 Å². The van der Waals surface area contributed by atoms with Gasteiger partial charge in [-0.15, -0.1) is 11.8 Å². The summed E-state index contributed by atoms with van der Waals surface area (Å²) in [6.07, 6.45) is 4.68. The number of carbonyl (C=O) groups excluding carboxylic acids is 2. The molecule has 1 rings (SSSR count). The molecule has 4 nitrogen and oxygen atoms in total. The lowest BCUT2D eigenvalue weighted by Gasteiger charge is -2.33. The Hall–Kier alpha value is -1.50. The summed E-state index contributed by atoms with van der Waals surface area (Å²) in [5.74, 6) is 4.75. The fourth-order valence-corrected chi connectivity index (χ4v) is 2.99. The maximum atomic E-state index is 12.2. The Morgan fingerprint density at radius 1 is 1.16 bits per heavy atom. The van der Waals surface area contributed by atoms with E-state index < -0.39 is 17.4 Å². The van der Waals surface area contributed by atoms with Gasteiger partial charge >= 0.3 is 11.9 Å². The van der Waals surface area contributed by atoms with E-state index in [0.29, 0.717) is 12.8 Å². The van der Waals surface area contributed by atoms with Crippen molar-refractivity contribution in [3.63, 3.8) is 0 Å². The van der Waals surface area contributed by atoms with Crippen molar-refractivity contribution in [1.82, 2.24) is 0 Å². The van der Waals surface area contributed by atoms with E-state index in [-0.39, 0.29) is 5.92 Å². The Morgan fingerprint density at radius 2 is 1.68 bits per heavy atom. The number of rotatable bonds is 5. The van der Waals surface area contributed by atoms with E-state index in [1.807, 2.05) is 0 Å². The molecule has 0 unspecified atom stereocenters. The third-order valence-corrected chi connectivity index (χ3v) is 3.97. The van der Waals surface area contributed by atoms with E-state index in [0.717, 1.165) is 25.7 Å². The van der Waals surface area contributed by atoms with Gasteiger partial charge in [-0.1, -0.05) is 12.8 Å². The molecule has 1 aliphatic carbocycles. The molecule has 0 aliphatic heterocycles. The summed E-state index contributed by atoms with van der Waals surface area (Å²) in [7, 11) is 2.64. The third-order valence-electron chi connectivity index (χ3n) is 3.97. The van der Waals surface area contributed by atoms with Crippen LogP contribution in [0, 0.1) is 23.2 Å². The zero-order valence-corrected chi connectivity index (χ0v) is 12.0. The Kier molecular flexibility index (Phi) is 5.88. The molecule has 0 aromatic carbocycles. The van der Waals surface area contributed by atoms with Crippen molar-refractivity contribution in [3.05, 3.63) is 0 Å². The van der Waals surface area contributed by atoms with E-state index in [1.165, 1.54) is 14.2 Å². The monoisotopic (exact) mass is 266 g/mol. The molecule has 0 saturated heterocycles. The number of hydrogen-bond acceptors (Lipinski definition) is 4. The molecule has 0 aromatic heterocycles. The smallest absolute Gasteiger partial charge is 0.323 e. The van der Waals surface area contributed by atoms with Crippen LogP contribution in [-0.2, 0) is 19.1 Å². The van der Waals surface area contributed by atoms with Crippen LogP contribution in [-0.4, -0.2) is 26.2 Å². The topological polar surface area (TPSA) is 52.6 Å². The normalized spacial score (nSPS) is 15.5. The highest BCUT2D eigenvalue weighted by Crippen LogP contribution is 2.45. The molecule has 0 radical (unpaired) electrons. The molecular weight excluding hydrogens is 244 g/mol. The van der Waals surface area contributed by atoms with E-state index in [2.05, 4.69) is 11.8 Å². The zero-order valence-electron chi connectivity index (χ0n) is 12.0. The summed E-state index contributed by atoms with van der Waals surface area (Å²) >= 11 is 0. The maximum Gasteiger partial charge on any atom is 0.323 e. The Balaban J connectivity index is 3.09. The van der Waals surface area contributed by atoms with Gasteiger partial charge in [-0.25, -0.2) is 0 Å². The predicted molar refractivity (Wildman–Crippen MR) is 71.1 cm³/mol. The zero-order chi connectivity index (χ0) is 14.3. The molecule has 1 fully saturated rings. The van der Waals surface area contributed by atoms with Crippen LogP contribution in [0.4, 0.5) is 0 Å². The average molecular weight is 266 g/mol. The summed E-state index contributed by atoms with van der Waals surface area (Å²) in [5.41, 5.74) is -1.18. The fourth-order valence-electron chi connectivity index (χ4n) is 2.99. The van der Waals surface area contributed by atoms with Crippen molar-refractivity contribution in [2.24, 2.45) is 11.3 Å². The van der Waals surface area contributed by atoms with Crippen molar-refractivity contribution in [2.45, 2.75) is 45.4 Å². The molecule has 4 heteroatoms. The van der Waals surface area contributed by atoms with Crippen LogP contribution < -0.4 is 0 Å². The van der Waals surface area contributed by atoms with E-state index >= 15 is 0 Å². The largest absolute Gasteiger partial charge is 0.468 e. The molecule has 0 heterocycles. The van der Waals surface area contributed by atoms with Crippen LogP contribution in [0.1, 0.15) is 45.4 Å². The molecular formula is C15H22O4. The third kappa shape index (κ3) is 3.09. The Morgan fingerprint density at radius 3 is 2.11 bits per heavy atom. The SMILES string of the molecule is CC#CCCC(C(=O)OC)(C(=O)OC)C1CCCC1. The fraction of sp³-hybridized carbons (Fsp3) is 0.733. The number of methoxy groups -OCH3 is 2. The minimum atomic E-state index is -1.18. The summed E-state index contributed by atoms with van der Waals surface area (Å²) in [6.45, 7) is 1.74. The second-order valence-electron chi connectivity index (χ2n) is 4.86. The highest BCUT2D eigenvalue weighted by atomic mass is 16.5. The maximum absolute atomic E-state index is 12.2.